The molecule has 0 aliphatic heterocycles. The largest absolute Gasteiger partial charge is 0.251 e. The SMILES string of the molecule is Cc1ccccc1.[2H]/C(C)=C(\C)F.[2H]C(C)(C)F.[2H]C(C)F.[2H]c1cc(F)cc(C)c1C. The summed E-state index contributed by atoms with van der Waals surface area (Å²) < 4.78 is 72.0. The van der Waals surface area contributed by atoms with Gasteiger partial charge in [0.2, 0.25) is 0 Å². The molecule has 0 amide bonds. The molecular weight excluding hydrogens is 364 g/mol. The highest BCUT2D eigenvalue weighted by Crippen LogP contribution is 2.07. The van der Waals surface area contributed by atoms with Gasteiger partial charge in [0.05, 0.1) is 24.1 Å². The molecule has 0 spiro atoms. The van der Waals surface area contributed by atoms with E-state index in [9.17, 15) is 17.6 Å². The van der Waals surface area contributed by atoms with Gasteiger partial charge in [-0.3, -0.25) is 4.39 Å². The Bertz CT molecular complexity index is 722. The Morgan fingerprint density at radius 1 is 1.18 bits per heavy atom. The predicted molar refractivity (Wildman–Crippen MR) is 115 cm³/mol. The third-order valence-electron chi connectivity index (χ3n) is 2.66. The molecule has 2 aromatic carbocycles. The summed E-state index contributed by atoms with van der Waals surface area (Å²) >= 11 is 0. The molecule has 4 heteroatoms. The van der Waals surface area contributed by atoms with Crippen molar-refractivity contribution in [2.24, 2.45) is 0 Å². The van der Waals surface area contributed by atoms with Crippen molar-refractivity contribution in [3.8, 4) is 0 Å². The van der Waals surface area contributed by atoms with Crippen LogP contribution in [0.3, 0.4) is 0 Å². The average molecular weight is 405 g/mol. The van der Waals surface area contributed by atoms with Gasteiger partial charge in [0.25, 0.3) is 0 Å². The highest BCUT2D eigenvalue weighted by atomic mass is 19.1. The van der Waals surface area contributed by atoms with E-state index in [2.05, 4.69) is 19.1 Å². The molecule has 160 valence electrons. The third-order valence-corrected chi connectivity index (χ3v) is 2.66. The molecule has 0 nitrogen and oxygen atoms in total. The molecule has 28 heavy (non-hydrogen) atoms. The summed E-state index contributed by atoms with van der Waals surface area (Å²) in [6.07, 6.45) is -1.75. The highest BCUT2D eigenvalue weighted by molar-refractivity contribution is 5.24. The molecule has 0 radical (unpaired) electrons. The predicted octanol–water partition coefficient (Wildman–Crippen LogP) is 8.66. The minimum absolute atomic E-state index is 0.00926. The fraction of sp³-hybridized carbons (Fsp3) is 0.417. The van der Waals surface area contributed by atoms with Crippen molar-refractivity contribution in [2.45, 2.75) is 61.5 Å². The Balaban J connectivity index is -0.000000343. The number of rotatable bonds is 0. The van der Waals surface area contributed by atoms with Crippen LogP contribution in [-0.4, -0.2) is 12.8 Å². The van der Waals surface area contributed by atoms with E-state index in [1.54, 1.807) is 6.92 Å². The number of alkyl halides is 2. The van der Waals surface area contributed by atoms with E-state index in [-0.39, 0.29) is 17.9 Å². The summed E-state index contributed by atoms with van der Waals surface area (Å²) in [7, 11) is 0. The lowest BCUT2D eigenvalue weighted by atomic mass is 10.1. The Kier molecular flexibility index (Phi) is 16.8. The molecule has 0 bridgehead atoms. The normalized spacial score (nSPS) is 13.3. The molecule has 2 aromatic rings. The summed E-state index contributed by atoms with van der Waals surface area (Å²) in [5, 5.41) is 0. The molecule has 0 fully saturated rings. The van der Waals surface area contributed by atoms with Gasteiger partial charge in [-0.15, -0.1) is 0 Å². The van der Waals surface area contributed by atoms with Crippen molar-refractivity contribution < 1.29 is 23.0 Å². The van der Waals surface area contributed by atoms with Gasteiger partial charge in [-0.2, -0.15) is 0 Å². The molecule has 1 atom stereocenters. The second-order valence-electron chi connectivity index (χ2n) is 5.66. The topological polar surface area (TPSA) is 0 Å². The summed E-state index contributed by atoms with van der Waals surface area (Å²) in [6.45, 7) is 10.5. The van der Waals surface area contributed by atoms with Gasteiger partial charge < -0.3 is 0 Å². The van der Waals surface area contributed by atoms with Crippen LogP contribution in [0, 0.1) is 26.6 Å². The minimum Gasteiger partial charge on any atom is -0.251 e. The summed E-state index contributed by atoms with van der Waals surface area (Å²) in [5.74, 6) is -0.733. The van der Waals surface area contributed by atoms with Crippen LogP contribution in [0.2, 0.25) is 0 Å². The first-order valence-electron chi connectivity index (χ1n) is 10.8. The fourth-order valence-corrected chi connectivity index (χ4v) is 1.18. The number of aryl methyl sites for hydroxylation is 2. The Morgan fingerprint density at radius 3 is 1.82 bits per heavy atom. The number of hydrogen-bond acceptors (Lipinski definition) is 0. The summed E-state index contributed by atoms with van der Waals surface area (Å²) in [6, 6.07) is 13.2. The van der Waals surface area contributed by atoms with E-state index >= 15 is 0 Å². The van der Waals surface area contributed by atoms with Gasteiger partial charge in [0.15, 0.2) is 0 Å². The average Bonchev–Trinajstić information content (AvgIpc) is 2.59. The van der Waals surface area contributed by atoms with Gasteiger partial charge in [0.1, 0.15) is 5.82 Å². The van der Waals surface area contributed by atoms with Crippen molar-refractivity contribution >= 4 is 0 Å². The van der Waals surface area contributed by atoms with Gasteiger partial charge >= 0.3 is 0 Å². The molecule has 0 heterocycles. The molecule has 0 aromatic heterocycles. The van der Waals surface area contributed by atoms with E-state index in [1.165, 1.54) is 52.3 Å². The van der Waals surface area contributed by atoms with Crippen LogP contribution < -0.4 is 0 Å². The van der Waals surface area contributed by atoms with E-state index in [0.29, 0.717) is 0 Å². The van der Waals surface area contributed by atoms with E-state index in [0.717, 1.165) is 11.1 Å². The van der Waals surface area contributed by atoms with Gasteiger partial charge in [-0.05, 0) is 78.6 Å². The second kappa shape index (κ2) is 21.2. The van der Waals surface area contributed by atoms with Crippen LogP contribution in [0.25, 0.3) is 0 Å². The first-order valence-corrected chi connectivity index (χ1v) is 8.68. The lowest BCUT2D eigenvalue weighted by Gasteiger charge is -1.96. The van der Waals surface area contributed by atoms with Gasteiger partial charge in [0, 0.05) is 0 Å². The molecule has 0 aliphatic carbocycles. The second-order valence-corrected chi connectivity index (χ2v) is 5.66. The minimum atomic E-state index is -1.75. The van der Waals surface area contributed by atoms with Crippen LogP contribution >= 0.6 is 0 Å². The van der Waals surface area contributed by atoms with E-state index < -0.39 is 18.6 Å². The van der Waals surface area contributed by atoms with E-state index in [4.69, 9.17) is 5.48 Å². The zero-order valence-corrected chi connectivity index (χ0v) is 18.1. The molecule has 0 saturated carbocycles. The Labute approximate surface area is 174 Å². The van der Waals surface area contributed by atoms with Crippen molar-refractivity contribution in [3.63, 3.8) is 0 Å². The lowest BCUT2D eigenvalue weighted by Crippen LogP contribution is -1.80. The zero-order valence-electron chi connectivity index (χ0n) is 22.1. The smallest absolute Gasteiger partial charge is 0.123 e. The first kappa shape index (κ1) is 22.2. The maximum atomic E-state index is 12.5. The van der Waals surface area contributed by atoms with E-state index in [1.807, 2.05) is 25.1 Å². The molecule has 1 unspecified atom stereocenters. The van der Waals surface area contributed by atoms with Crippen molar-refractivity contribution in [2.75, 3.05) is 6.65 Å². The summed E-state index contributed by atoms with van der Waals surface area (Å²) in [5.41, 5.74) is 3.01. The van der Waals surface area contributed by atoms with Gasteiger partial charge in [-0.1, -0.05) is 48.0 Å². The van der Waals surface area contributed by atoms with Crippen LogP contribution in [-0.2, 0) is 0 Å². The molecule has 0 aliphatic rings. The fourth-order valence-electron chi connectivity index (χ4n) is 1.18. The third kappa shape index (κ3) is 28.7. The van der Waals surface area contributed by atoms with Crippen LogP contribution in [0.15, 0.2) is 60.4 Å². The van der Waals surface area contributed by atoms with Crippen LogP contribution in [0.1, 0.15) is 56.8 Å². The quantitative estimate of drug-likeness (QED) is 0.385. The lowest BCUT2D eigenvalue weighted by molar-refractivity contribution is 0.391. The van der Waals surface area contributed by atoms with Crippen molar-refractivity contribution in [1.82, 2.24) is 0 Å². The Morgan fingerprint density at radius 2 is 1.57 bits per heavy atom. The Hall–Kier alpha value is -2.10. The number of benzene rings is 2. The zero-order chi connectivity index (χ0) is 26.1. The number of halogens is 4. The van der Waals surface area contributed by atoms with Crippen LogP contribution in [0.4, 0.5) is 17.6 Å². The standard InChI is InChI=1S/C8H9F.C7H8.C4H7F.C3H7F.C2H5F/c1-6-3-4-8(9)5-7(6)2;1-7-5-3-2-4-6-7;1-3-4(2)5;1-3(2)4;1-2-3/h3-5H,1-2H3;2-6H,1H3;3H,1-2H3;3H,1-2H3;2H2,1H3/b;;4-3-;;/i3D;;2*3D;2D. The molecular formula is C24H36F4. The maximum absolute atomic E-state index is 12.5. The van der Waals surface area contributed by atoms with Crippen molar-refractivity contribution in [1.29, 1.82) is 0 Å². The molecule has 0 N–H and O–H groups in total. The highest BCUT2D eigenvalue weighted by Gasteiger charge is 1.91. The van der Waals surface area contributed by atoms with Gasteiger partial charge in [-0.25, -0.2) is 13.2 Å². The summed E-state index contributed by atoms with van der Waals surface area (Å²) in [4.78, 5) is 0. The van der Waals surface area contributed by atoms with Crippen LogP contribution in [0.5, 0.6) is 0 Å². The molecule has 2 rings (SSSR count). The number of hydrogen-bond donors (Lipinski definition) is 0. The monoisotopic (exact) mass is 404 g/mol. The molecule has 0 saturated heterocycles. The first-order chi connectivity index (χ1) is 14.4. The number of allylic oxidation sites excluding steroid dienone is 2. The maximum Gasteiger partial charge on any atom is 0.123 e. The van der Waals surface area contributed by atoms with Crippen molar-refractivity contribution in [3.05, 3.63) is 82.9 Å².